The van der Waals surface area contributed by atoms with Crippen LogP contribution in [0.2, 0.25) is 0 Å². The predicted molar refractivity (Wildman–Crippen MR) is 62.5 cm³/mol. The van der Waals surface area contributed by atoms with Crippen LogP contribution in [-0.4, -0.2) is 44.4 Å². The van der Waals surface area contributed by atoms with Gasteiger partial charge in [-0.05, 0) is 0 Å². The molecule has 104 valence electrons. The van der Waals surface area contributed by atoms with Crippen molar-refractivity contribution in [3.63, 3.8) is 0 Å². The van der Waals surface area contributed by atoms with Crippen molar-refractivity contribution in [2.45, 2.75) is 11.4 Å². The van der Waals surface area contributed by atoms with E-state index in [1.165, 1.54) is 24.3 Å². The van der Waals surface area contributed by atoms with Crippen molar-refractivity contribution < 1.29 is 34.8 Å². The van der Waals surface area contributed by atoms with E-state index < -0.39 is 41.1 Å². The minimum absolute atomic E-state index is 0.0201. The molecule has 0 saturated heterocycles. The van der Waals surface area contributed by atoms with Crippen LogP contribution in [0.5, 0.6) is 0 Å². The first-order valence-electron chi connectivity index (χ1n) is 5.73. The summed E-state index contributed by atoms with van der Waals surface area (Å²) in [5.41, 5.74) is -3.66. The largest absolute Gasteiger partial charge is 0.478 e. The van der Waals surface area contributed by atoms with E-state index in [0.717, 1.165) is 0 Å². The van der Waals surface area contributed by atoms with Crippen molar-refractivity contribution in [2.75, 3.05) is 6.61 Å². The average Bonchev–Trinajstić information content (AvgIpc) is 2.76. The number of carboxylic acid groups (broad SMARTS) is 1. The zero-order chi connectivity index (χ0) is 14.7. The number of hydrogen-bond acceptors (Lipinski definition) is 6. The van der Waals surface area contributed by atoms with Gasteiger partial charge in [-0.15, -0.1) is 0 Å². The Hall–Kier alpha value is -2.22. The van der Waals surface area contributed by atoms with Crippen molar-refractivity contribution in [1.29, 1.82) is 0 Å². The van der Waals surface area contributed by atoms with Crippen LogP contribution >= 0.6 is 0 Å². The van der Waals surface area contributed by atoms with Gasteiger partial charge in [-0.2, -0.15) is 0 Å². The molecule has 1 heterocycles. The fourth-order valence-corrected chi connectivity index (χ4v) is 2.75. The average molecular weight is 278 g/mol. The third kappa shape index (κ3) is 1.15. The highest BCUT2D eigenvalue weighted by Crippen LogP contribution is 2.54. The molecule has 0 aromatic heterocycles. The highest BCUT2D eigenvalue weighted by molar-refractivity contribution is 6.15. The van der Waals surface area contributed by atoms with Crippen molar-refractivity contribution in [3.8, 4) is 0 Å². The molecule has 1 aromatic carbocycles. The van der Waals surface area contributed by atoms with Crippen LogP contribution in [0, 0.1) is 0 Å². The van der Waals surface area contributed by atoms with E-state index >= 15 is 0 Å². The Morgan fingerprint density at radius 1 is 1.25 bits per heavy atom. The number of hydrogen-bond donors (Lipinski definition) is 4. The molecule has 20 heavy (non-hydrogen) atoms. The Labute approximate surface area is 112 Å². The standard InChI is InChI=1S/C13H10O7/c14-5-8-9(11(16)17)12(18)10(15)6-3-1-2-4-7(6)13(12,19)20-8/h1-4,14,18-19H,5H2,(H,16,17)/t12-,13+/m1/s1. The number of aliphatic hydroxyl groups excluding tert-OH is 1. The summed E-state index contributed by atoms with van der Waals surface area (Å²) < 4.78 is 5.03. The number of benzene rings is 1. The van der Waals surface area contributed by atoms with Crippen molar-refractivity contribution >= 4 is 11.8 Å². The summed E-state index contributed by atoms with van der Waals surface area (Å²) in [5, 5.41) is 39.4. The van der Waals surface area contributed by atoms with Crippen LogP contribution in [0.3, 0.4) is 0 Å². The summed E-state index contributed by atoms with van der Waals surface area (Å²) in [7, 11) is 0. The van der Waals surface area contributed by atoms with Gasteiger partial charge in [0.2, 0.25) is 11.4 Å². The molecule has 7 heteroatoms. The molecular weight excluding hydrogens is 268 g/mol. The number of carbonyl (C=O) groups is 2. The SMILES string of the molecule is O=C(O)C1=C(CO)O[C@@]2(O)c3ccccc3C(=O)[C@]12O. The quantitative estimate of drug-likeness (QED) is 0.553. The number of aliphatic carboxylic acids is 1. The third-order valence-electron chi connectivity index (χ3n) is 3.62. The van der Waals surface area contributed by atoms with E-state index in [4.69, 9.17) is 14.9 Å². The summed E-state index contributed by atoms with van der Waals surface area (Å²) >= 11 is 0. The lowest BCUT2D eigenvalue weighted by Gasteiger charge is -2.29. The number of ketones is 1. The van der Waals surface area contributed by atoms with E-state index in [-0.39, 0.29) is 11.1 Å². The second kappa shape index (κ2) is 3.66. The first-order chi connectivity index (χ1) is 9.38. The lowest BCUT2D eigenvalue weighted by molar-refractivity contribution is -0.238. The Morgan fingerprint density at radius 3 is 2.50 bits per heavy atom. The van der Waals surface area contributed by atoms with Crippen LogP contribution in [0.1, 0.15) is 15.9 Å². The maximum atomic E-state index is 12.3. The predicted octanol–water partition coefficient (Wildman–Crippen LogP) is -0.880. The summed E-state index contributed by atoms with van der Waals surface area (Å²) in [4.78, 5) is 23.6. The van der Waals surface area contributed by atoms with E-state index in [1.807, 2.05) is 0 Å². The Balaban J connectivity index is 2.32. The number of ether oxygens (including phenoxy) is 1. The van der Waals surface area contributed by atoms with Crippen LogP contribution < -0.4 is 0 Å². The van der Waals surface area contributed by atoms with Gasteiger partial charge in [0.1, 0.15) is 17.9 Å². The van der Waals surface area contributed by atoms with Crippen molar-refractivity contribution in [1.82, 2.24) is 0 Å². The van der Waals surface area contributed by atoms with Gasteiger partial charge >= 0.3 is 5.97 Å². The van der Waals surface area contributed by atoms with Crippen LogP contribution in [0.15, 0.2) is 35.6 Å². The summed E-state index contributed by atoms with van der Waals surface area (Å²) in [5.74, 6) is -5.69. The van der Waals surface area contributed by atoms with Crippen molar-refractivity contribution in [2.24, 2.45) is 0 Å². The molecule has 0 fully saturated rings. The zero-order valence-electron chi connectivity index (χ0n) is 10.0. The van der Waals surface area contributed by atoms with Gasteiger partial charge in [0.25, 0.3) is 5.79 Å². The Kier molecular flexibility index (Phi) is 2.34. The molecule has 2 aliphatic rings. The van der Waals surface area contributed by atoms with Gasteiger partial charge in [0, 0.05) is 11.1 Å². The number of rotatable bonds is 2. The fraction of sp³-hybridized carbons (Fsp3) is 0.231. The normalized spacial score (nSPS) is 31.1. The number of aliphatic hydroxyl groups is 3. The fourth-order valence-electron chi connectivity index (χ4n) is 2.75. The molecule has 7 nitrogen and oxygen atoms in total. The lowest BCUT2D eigenvalue weighted by Crippen LogP contribution is -2.52. The number of Topliss-reactive ketones (excluding diaryl/α,β-unsaturated/α-hetero) is 1. The number of carboxylic acids is 1. The summed E-state index contributed by atoms with van der Waals surface area (Å²) in [6, 6.07) is 5.73. The molecule has 1 aliphatic heterocycles. The third-order valence-corrected chi connectivity index (χ3v) is 3.62. The second-order valence-electron chi connectivity index (χ2n) is 4.59. The van der Waals surface area contributed by atoms with E-state index in [0.29, 0.717) is 0 Å². The monoisotopic (exact) mass is 278 g/mol. The zero-order valence-corrected chi connectivity index (χ0v) is 10.0. The molecule has 2 atom stereocenters. The molecule has 0 bridgehead atoms. The van der Waals surface area contributed by atoms with Gasteiger partial charge < -0.3 is 25.2 Å². The Bertz CT molecular complexity index is 677. The molecule has 3 rings (SSSR count). The van der Waals surface area contributed by atoms with Gasteiger partial charge in [-0.25, -0.2) is 4.79 Å². The smallest absolute Gasteiger partial charge is 0.338 e. The first kappa shape index (κ1) is 12.8. The molecule has 0 spiro atoms. The highest BCUT2D eigenvalue weighted by atomic mass is 16.7. The highest BCUT2D eigenvalue weighted by Gasteiger charge is 2.72. The molecule has 4 N–H and O–H groups in total. The first-order valence-corrected chi connectivity index (χ1v) is 5.73. The van der Waals surface area contributed by atoms with Gasteiger partial charge in [-0.1, -0.05) is 24.3 Å². The van der Waals surface area contributed by atoms with E-state index in [9.17, 15) is 19.8 Å². The number of carbonyl (C=O) groups excluding carboxylic acids is 1. The maximum absolute atomic E-state index is 12.3. The Morgan fingerprint density at radius 2 is 1.90 bits per heavy atom. The molecule has 1 aromatic rings. The molecule has 1 aliphatic carbocycles. The van der Waals surface area contributed by atoms with Crippen LogP contribution in [0.4, 0.5) is 0 Å². The molecule has 0 amide bonds. The molecule has 0 radical (unpaired) electrons. The summed E-state index contributed by atoms with van der Waals surface area (Å²) in [6.45, 7) is -0.859. The van der Waals surface area contributed by atoms with Crippen LogP contribution in [-0.2, 0) is 15.3 Å². The van der Waals surface area contributed by atoms with Gasteiger partial charge in [0.15, 0.2) is 0 Å². The van der Waals surface area contributed by atoms with Crippen LogP contribution in [0.25, 0.3) is 0 Å². The maximum Gasteiger partial charge on any atom is 0.338 e. The molecular formula is C13H10O7. The van der Waals surface area contributed by atoms with E-state index in [1.54, 1.807) is 0 Å². The summed E-state index contributed by atoms with van der Waals surface area (Å²) in [6.07, 6.45) is 0. The molecule has 0 unspecified atom stereocenters. The lowest BCUT2D eigenvalue weighted by atomic mass is 9.86. The minimum Gasteiger partial charge on any atom is -0.478 e. The van der Waals surface area contributed by atoms with Gasteiger partial charge in [-0.3, -0.25) is 4.79 Å². The molecule has 0 saturated carbocycles. The second-order valence-corrected chi connectivity index (χ2v) is 4.59. The van der Waals surface area contributed by atoms with Gasteiger partial charge in [0.05, 0.1) is 0 Å². The van der Waals surface area contributed by atoms with Crippen molar-refractivity contribution in [3.05, 3.63) is 46.7 Å². The topological polar surface area (TPSA) is 124 Å². The number of fused-ring (bicyclic) bond motifs is 3. The minimum atomic E-state index is -2.76. The van der Waals surface area contributed by atoms with E-state index in [2.05, 4.69) is 0 Å².